The Morgan fingerprint density at radius 3 is 2.75 bits per heavy atom. The van der Waals surface area contributed by atoms with Crippen LogP contribution in [0.4, 0.5) is 0 Å². The zero-order valence-electron chi connectivity index (χ0n) is 11.9. The number of rotatable bonds is 6. The van der Waals surface area contributed by atoms with Gasteiger partial charge in [0.25, 0.3) is 0 Å². The van der Waals surface area contributed by atoms with Crippen LogP contribution in [-0.2, 0) is 9.53 Å². The Kier molecular flexibility index (Phi) is 6.36. The first-order valence-electron chi connectivity index (χ1n) is 7.16. The molecule has 1 heterocycles. The highest BCUT2D eigenvalue weighted by Gasteiger charge is 2.16. The number of morpholine rings is 1. The lowest BCUT2D eigenvalue weighted by Crippen LogP contribution is -3.14. The Morgan fingerprint density at radius 2 is 2.05 bits per heavy atom. The smallest absolute Gasteiger partial charge is 0.233 e. The second-order valence-corrected chi connectivity index (χ2v) is 6.39. The fourth-order valence-corrected chi connectivity index (χ4v) is 3.09. The van der Waals surface area contributed by atoms with E-state index >= 15 is 0 Å². The molecular formula is C15H23N2O2S+. The van der Waals surface area contributed by atoms with E-state index in [2.05, 4.69) is 5.32 Å². The van der Waals surface area contributed by atoms with E-state index in [9.17, 15) is 4.79 Å². The van der Waals surface area contributed by atoms with Crippen LogP contribution in [0, 0.1) is 0 Å². The summed E-state index contributed by atoms with van der Waals surface area (Å²) in [5, 5.41) is 2.97. The number of carbonyl (C=O) groups excluding carboxylic acids is 1. The van der Waals surface area contributed by atoms with Crippen LogP contribution in [0.2, 0.25) is 0 Å². The summed E-state index contributed by atoms with van der Waals surface area (Å²) in [7, 11) is 0. The zero-order chi connectivity index (χ0) is 14.2. The Morgan fingerprint density at radius 1 is 1.35 bits per heavy atom. The molecule has 2 N–H and O–H groups in total. The van der Waals surface area contributed by atoms with Crippen LogP contribution in [0.25, 0.3) is 0 Å². The Balaban J connectivity index is 1.66. The van der Waals surface area contributed by atoms with Gasteiger partial charge in [0, 0.05) is 4.90 Å². The minimum absolute atomic E-state index is 0.0583. The highest BCUT2D eigenvalue weighted by Crippen LogP contribution is 2.22. The molecule has 1 atom stereocenters. The summed E-state index contributed by atoms with van der Waals surface area (Å²) in [4.78, 5) is 14.7. The molecule has 2 rings (SSSR count). The van der Waals surface area contributed by atoms with Gasteiger partial charge in [0.2, 0.25) is 5.91 Å². The summed E-state index contributed by atoms with van der Waals surface area (Å²) in [6.07, 6.45) is 0. The lowest BCUT2D eigenvalue weighted by molar-refractivity contribution is -0.906. The van der Waals surface area contributed by atoms with Crippen molar-refractivity contribution in [2.24, 2.45) is 0 Å². The molecule has 20 heavy (non-hydrogen) atoms. The van der Waals surface area contributed by atoms with Crippen LogP contribution in [-0.4, -0.2) is 50.5 Å². The molecule has 1 aliphatic rings. The van der Waals surface area contributed by atoms with Gasteiger partial charge < -0.3 is 15.0 Å². The van der Waals surface area contributed by atoms with E-state index < -0.39 is 0 Å². The Bertz CT molecular complexity index is 408. The molecule has 5 heteroatoms. The van der Waals surface area contributed by atoms with E-state index in [1.807, 2.05) is 37.3 Å². The number of thioether (sulfide) groups is 1. The SMILES string of the molecule is C[C@H](Sc1ccccc1)C(=O)NCC[NH+]1CCOCC1. The fraction of sp³-hybridized carbons (Fsp3) is 0.533. The number of hydrogen-bond acceptors (Lipinski definition) is 3. The first-order valence-corrected chi connectivity index (χ1v) is 8.04. The van der Waals surface area contributed by atoms with Crippen LogP contribution >= 0.6 is 11.8 Å². The van der Waals surface area contributed by atoms with Crippen molar-refractivity contribution in [2.75, 3.05) is 39.4 Å². The third-order valence-corrected chi connectivity index (χ3v) is 4.51. The maximum Gasteiger partial charge on any atom is 0.233 e. The lowest BCUT2D eigenvalue weighted by Gasteiger charge is -2.24. The molecule has 110 valence electrons. The maximum atomic E-state index is 12.0. The fourth-order valence-electron chi connectivity index (χ4n) is 2.17. The van der Waals surface area contributed by atoms with E-state index in [0.717, 1.165) is 44.3 Å². The number of benzene rings is 1. The van der Waals surface area contributed by atoms with Gasteiger partial charge >= 0.3 is 0 Å². The summed E-state index contributed by atoms with van der Waals surface area (Å²) in [5.41, 5.74) is 0. The summed E-state index contributed by atoms with van der Waals surface area (Å²) >= 11 is 1.60. The third-order valence-electron chi connectivity index (χ3n) is 3.40. The number of carbonyl (C=O) groups is 1. The van der Waals surface area contributed by atoms with Gasteiger partial charge in [0.1, 0.15) is 13.1 Å². The molecule has 1 fully saturated rings. The van der Waals surface area contributed by atoms with Crippen molar-refractivity contribution >= 4 is 17.7 Å². The predicted octanol–water partition coefficient (Wildman–Crippen LogP) is 0.199. The Hall–Kier alpha value is -1.04. The number of quaternary nitrogens is 1. The van der Waals surface area contributed by atoms with Crippen LogP contribution in [0.3, 0.4) is 0 Å². The average molecular weight is 295 g/mol. The molecule has 1 amide bonds. The van der Waals surface area contributed by atoms with Crippen molar-refractivity contribution in [3.63, 3.8) is 0 Å². The largest absolute Gasteiger partial charge is 0.370 e. The number of nitrogens with one attached hydrogen (secondary N) is 2. The minimum Gasteiger partial charge on any atom is -0.370 e. The summed E-state index contributed by atoms with van der Waals surface area (Å²) in [6, 6.07) is 10.0. The number of hydrogen-bond donors (Lipinski definition) is 2. The predicted molar refractivity (Wildman–Crippen MR) is 81.2 cm³/mol. The summed E-state index contributed by atoms with van der Waals surface area (Å²) in [5.74, 6) is 0.117. The third kappa shape index (κ3) is 5.15. The van der Waals surface area contributed by atoms with Gasteiger partial charge in [0.05, 0.1) is 31.6 Å². The highest BCUT2D eigenvalue weighted by molar-refractivity contribution is 8.00. The second-order valence-electron chi connectivity index (χ2n) is 4.98. The van der Waals surface area contributed by atoms with Crippen LogP contribution < -0.4 is 10.2 Å². The van der Waals surface area contributed by atoms with Crippen molar-refractivity contribution in [3.05, 3.63) is 30.3 Å². The van der Waals surface area contributed by atoms with Crippen LogP contribution in [0.1, 0.15) is 6.92 Å². The first kappa shape index (κ1) is 15.4. The molecule has 0 radical (unpaired) electrons. The van der Waals surface area contributed by atoms with Crippen LogP contribution in [0.5, 0.6) is 0 Å². The number of amides is 1. The molecule has 0 saturated carbocycles. The van der Waals surface area contributed by atoms with Crippen molar-refractivity contribution in [1.29, 1.82) is 0 Å². The molecule has 1 aliphatic heterocycles. The van der Waals surface area contributed by atoms with Crippen molar-refractivity contribution in [2.45, 2.75) is 17.1 Å². The van der Waals surface area contributed by atoms with Crippen LogP contribution in [0.15, 0.2) is 35.2 Å². The van der Waals surface area contributed by atoms with E-state index in [0.29, 0.717) is 0 Å². The van der Waals surface area contributed by atoms with Gasteiger partial charge in [-0.2, -0.15) is 0 Å². The minimum atomic E-state index is -0.0583. The molecule has 0 bridgehead atoms. The first-order chi connectivity index (χ1) is 9.75. The molecule has 1 aromatic carbocycles. The molecule has 1 saturated heterocycles. The summed E-state index contributed by atoms with van der Waals surface area (Å²) in [6.45, 7) is 7.45. The van der Waals surface area contributed by atoms with Gasteiger partial charge in [-0.15, -0.1) is 11.8 Å². The number of ether oxygens (including phenoxy) is 1. The van der Waals surface area contributed by atoms with Gasteiger partial charge in [-0.1, -0.05) is 18.2 Å². The molecule has 1 aromatic rings. The average Bonchev–Trinajstić information content (AvgIpc) is 2.49. The quantitative estimate of drug-likeness (QED) is 0.737. The van der Waals surface area contributed by atoms with Gasteiger partial charge in [-0.05, 0) is 19.1 Å². The zero-order valence-corrected chi connectivity index (χ0v) is 12.7. The van der Waals surface area contributed by atoms with Crippen molar-refractivity contribution in [3.8, 4) is 0 Å². The van der Waals surface area contributed by atoms with Crippen molar-refractivity contribution < 1.29 is 14.4 Å². The highest BCUT2D eigenvalue weighted by atomic mass is 32.2. The van der Waals surface area contributed by atoms with Gasteiger partial charge in [-0.25, -0.2) is 0 Å². The van der Waals surface area contributed by atoms with Crippen molar-refractivity contribution in [1.82, 2.24) is 5.32 Å². The van der Waals surface area contributed by atoms with E-state index in [4.69, 9.17) is 4.74 Å². The normalized spacial score (nSPS) is 17.6. The van der Waals surface area contributed by atoms with E-state index in [-0.39, 0.29) is 11.2 Å². The van der Waals surface area contributed by atoms with Gasteiger partial charge in [-0.3, -0.25) is 4.79 Å². The van der Waals surface area contributed by atoms with E-state index in [1.54, 1.807) is 11.8 Å². The molecule has 0 unspecified atom stereocenters. The maximum absolute atomic E-state index is 12.0. The molecular weight excluding hydrogens is 272 g/mol. The molecule has 0 aliphatic carbocycles. The molecule has 0 spiro atoms. The topological polar surface area (TPSA) is 42.8 Å². The lowest BCUT2D eigenvalue weighted by atomic mass is 10.4. The standard InChI is InChI=1S/C15H22N2O2S/c1-13(20-14-5-3-2-4-6-14)15(18)16-7-8-17-9-11-19-12-10-17/h2-6,13H,7-12H2,1H3,(H,16,18)/p+1/t13-/m0/s1. The van der Waals surface area contributed by atoms with Gasteiger partial charge in [0.15, 0.2) is 0 Å². The molecule has 0 aromatic heterocycles. The van der Waals surface area contributed by atoms with E-state index in [1.165, 1.54) is 4.90 Å². The molecule has 4 nitrogen and oxygen atoms in total. The Labute approximate surface area is 124 Å². The second kappa shape index (κ2) is 8.29. The monoisotopic (exact) mass is 295 g/mol. The summed E-state index contributed by atoms with van der Waals surface area (Å²) < 4.78 is 5.32.